The molecule has 0 atom stereocenters. The maximum absolute atomic E-state index is 5.72. The fourth-order valence-corrected chi connectivity index (χ4v) is 3.08. The smallest absolute Gasteiger partial charge is 0.236 e. The van der Waals surface area contributed by atoms with Crippen LogP contribution in [0, 0.1) is 13.8 Å². The Labute approximate surface area is 126 Å². The molecule has 0 radical (unpaired) electrons. The minimum absolute atomic E-state index is 0.508. The van der Waals surface area contributed by atoms with Crippen molar-refractivity contribution < 1.29 is 0 Å². The van der Waals surface area contributed by atoms with Gasteiger partial charge >= 0.3 is 0 Å². The summed E-state index contributed by atoms with van der Waals surface area (Å²) in [5.74, 6) is 0.805. The van der Waals surface area contributed by atoms with E-state index >= 15 is 0 Å². The van der Waals surface area contributed by atoms with Crippen LogP contribution >= 0.6 is 11.3 Å². The van der Waals surface area contributed by atoms with E-state index in [0.717, 1.165) is 35.9 Å². The third kappa shape index (κ3) is 2.51. The molecule has 0 saturated carbocycles. The predicted octanol–water partition coefficient (Wildman–Crippen LogP) is 1.97. The molecule has 0 aliphatic carbocycles. The molecule has 3 aromatic heterocycles. The first-order valence-corrected chi connectivity index (χ1v) is 7.91. The summed E-state index contributed by atoms with van der Waals surface area (Å²) in [4.78, 5) is 0.733. The first-order chi connectivity index (χ1) is 10.1. The van der Waals surface area contributed by atoms with Crippen molar-refractivity contribution in [3.63, 3.8) is 0 Å². The topological polar surface area (TPSA) is 86.9 Å². The summed E-state index contributed by atoms with van der Waals surface area (Å²) in [5, 5.41) is 17.7. The molecular weight excluding hydrogens is 286 g/mol. The fraction of sp³-hybridized carbons (Fsp3) is 0.538. The molecule has 0 fully saturated rings. The highest BCUT2D eigenvalue weighted by Gasteiger charge is 2.16. The number of aromatic nitrogens is 6. The van der Waals surface area contributed by atoms with Gasteiger partial charge in [0.05, 0.1) is 5.69 Å². The molecule has 3 aromatic rings. The van der Waals surface area contributed by atoms with E-state index in [0.29, 0.717) is 11.6 Å². The highest BCUT2D eigenvalue weighted by Crippen LogP contribution is 2.20. The van der Waals surface area contributed by atoms with E-state index < -0.39 is 0 Å². The predicted molar refractivity (Wildman–Crippen MR) is 82.5 cm³/mol. The first kappa shape index (κ1) is 14.0. The second kappa shape index (κ2) is 5.44. The Balaban J connectivity index is 1.92. The molecule has 0 amide bonds. The number of unbranched alkanes of at least 4 members (excludes halogenated alkanes) is 1. The van der Waals surface area contributed by atoms with E-state index in [9.17, 15) is 0 Å². The molecule has 2 N–H and O–H groups in total. The van der Waals surface area contributed by atoms with Crippen molar-refractivity contribution in [1.82, 2.24) is 29.6 Å². The van der Waals surface area contributed by atoms with Crippen molar-refractivity contribution in [2.75, 3.05) is 5.73 Å². The molecule has 112 valence electrons. The lowest BCUT2D eigenvalue weighted by Gasteiger charge is -2.03. The number of rotatable bonds is 5. The van der Waals surface area contributed by atoms with Gasteiger partial charge in [-0.2, -0.15) is 9.61 Å². The van der Waals surface area contributed by atoms with Crippen LogP contribution in [0.15, 0.2) is 0 Å². The van der Waals surface area contributed by atoms with E-state index in [1.807, 2.05) is 6.92 Å². The monoisotopic (exact) mass is 305 g/mol. The van der Waals surface area contributed by atoms with Crippen LogP contribution in [0.1, 0.15) is 42.5 Å². The largest absolute Gasteiger partial charge is 0.374 e. The normalized spacial score (nSPS) is 11.6. The molecule has 0 aliphatic rings. The van der Waals surface area contributed by atoms with Gasteiger partial charge in [0.15, 0.2) is 5.82 Å². The average Bonchev–Trinajstić information content (AvgIpc) is 3.06. The van der Waals surface area contributed by atoms with Gasteiger partial charge in [-0.25, -0.2) is 0 Å². The minimum Gasteiger partial charge on any atom is -0.374 e. The lowest BCUT2D eigenvalue weighted by atomic mass is 10.1. The zero-order chi connectivity index (χ0) is 15.0. The van der Waals surface area contributed by atoms with Gasteiger partial charge in [-0.05, 0) is 20.3 Å². The van der Waals surface area contributed by atoms with Crippen LogP contribution in [0.4, 0.5) is 5.13 Å². The summed E-state index contributed by atoms with van der Waals surface area (Å²) in [6.45, 7) is 7.30. The van der Waals surface area contributed by atoms with Crippen LogP contribution in [0.25, 0.3) is 4.96 Å². The Morgan fingerprint density at radius 3 is 2.76 bits per heavy atom. The number of nitrogen functional groups attached to an aromatic ring is 1. The Hall–Kier alpha value is -1.96. The standard InChI is InChI=1S/C13H19N7S/c1-4-5-6-19-9(3)10(8(2)17-19)7-11-15-16-13-20(11)18-12(14)21-13/h4-7H2,1-3H3,(H2,14,18). The summed E-state index contributed by atoms with van der Waals surface area (Å²) < 4.78 is 3.81. The van der Waals surface area contributed by atoms with Crippen molar-refractivity contribution in [3.8, 4) is 0 Å². The van der Waals surface area contributed by atoms with Crippen molar-refractivity contribution in [3.05, 3.63) is 22.8 Å². The zero-order valence-electron chi connectivity index (χ0n) is 12.5. The molecular formula is C13H19N7S. The molecule has 0 bridgehead atoms. The zero-order valence-corrected chi connectivity index (χ0v) is 13.3. The first-order valence-electron chi connectivity index (χ1n) is 7.09. The van der Waals surface area contributed by atoms with Crippen LogP contribution < -0.4 is 5.73 Å². The summed E-state index contributed by atoms with van der Waals surface area (Å²) >= 11 is 1.34. The second-order valence-electron chi connectivity index (χ2n) is 5.15. The van der Waals surface area contributed by atoms with Crippen LogP contribution in [-0.2, 0) is 13.0 Å². The maximum Gasteiger partial charge on any atom is 0.236 e. The van der Waals surface area contributed by atoms with Gasteiger partial charge < -0.3 is 5.73 Å². The molecule has 7 nitrogen and oxygen atoms in total. The summed E-state index contributed by atoms with van der Waals surface area (Å²) in [6, 6.07) is 0. The van der Waals surface area contributed by atoms with Crippen molar-refractivity contribution in [2.45, 2.75) is 46.6 Å². The van der Waals surface area contributed by atoms with Gasteiger partial charge in [0.25, 0.3) is 0 Å². The number of hydrogen-bond acceptors (Lipinski definition) is 6. The SMILES string of the molecule is CCCCn1nc(C)c(Cc2nnc3sc(N)nn23)c1C. The Morgan fingerprint density at radius 1 is 1.19 bits per heavy atom. The highest BCUT2D eigenvalue weighted by molar-refractivity contribution is 7.20. The quantitative estimate of drug-likeness (QED) is 0.778. The van der Waals surface area contributed by atoms with Gasteiger partial charge in [-0.3, -0.25) is 4.68 Å². The molecule has 0 saturated heterocycles. The van der Waals surface area contributed by atoms with Gasteiger partial charge in [-0.1, -0.05) is 24.7 Å². The Bertz CT molecular complexity index is 767. The molecule has 8 heteroatoms. The minimum atomic E-state index is 0.508. The van der Waals surface area contributed by atoms with Crippen LogP contribution in [0.5, 0.6) is 0 Å². The van der Waals surface area contributed by atoms with E-state index in [2.05, 4.69) is 38.9 Å². The van der Waals surface area contributed by atoms with Crippen molar-refractivity contribution >= 4 is 21.4 Å². The molecule has 0 unspecified atom stereocenters. The summed E-state index contributed by atoms with van der Waals surface area (Å²) in [6.07, 6.45) is 2.98. The van der Waals surface area contributed by atoms with E-state index in [4.69, 9.17) is 5.73 Å². The van der Waals surface area contributed by atoms with E-state index in [-0.39, 0.29) is 0 Å². The molecule has 3 heterocycles. The lowest BCUT2D eigenvalue weighted by Crippen LogP contribution is -2.04. The molecule has 21 heavy (non-hydrogen) atoms. The van der Waals surface area contributed by atoms with Crippen molar-refractivity contribution in [2.24, 2.45) is 0 Å². The van der Waals surface area contributed by atoms with Crippen LogP contribution in [0.3, 0.4) is 0 Å². The van der Waals surface area contributed by atoms with Gasteiger partial charge in [0.1, 0.15) is 0 Å². The van der Waals surface area contributed by atoms with Crippen LogP contribution in [0.2, 0.25) is 0 Å². The van der Waals surface area contributed by atoms with E-state index in [1.165, 1.54) is 22.6 Å². The van der Waals surface area contributed by atoms with Crippen LogP contribution in [-0.4, -0.2) is 29.6 Å². The number of aryl methyl sites for hydroxylation is 2. The molecule has 0 aromatic carbocycles. The second-order valence-corrected chi connectivity index (χ2v) is 6.14. The Morgan fingerprint density at radius 2 is 2.00 bits per heavy atom. The number of anilines is 1. The number of fused-ring (bicyclic) bond motifs is 1. The molecule has 0 spiro atoms. The Kier molecular flexibility index (Phi) is 3.62. The number of hydrogen-bond donors (Lipinski definition) is 1. The number of nitrogens with two attached hydrogens (primary N) is 1. The van der Waals surface area contributed by atoms with Gasteiger partial charge in [0, 0.05) is 24.2 Å². The molecule has 0 aliphatic heterocycles. The highest BCUT2D eigenvalue weighted by atomic mass is 32.1. The van der Waals surface area contributed by atoms with Gasteiger partial charge in [0.2, 0.25) is 10.1 Å². The van der Waals surface area contributed by atoms with E-state index in [1.54, 1.807) is 4.52 Å². The maximum atomic E-state index is 5.72. The van der Waals surface area contributed by atoms with Crippen molar-refractivity contribution in [1.29, 1.82) is 0 Å². The number of nitrogens with zero attached hydrogens (tertiary/aromatic N) is 6. The lowest BCUT2D eigenvalue weighted by molar-refractivity contribution is 0.555. The third-order valence-corrected chi connectivity index (χ3v) is 4.39. The summed E-state index contributed by atoms with van der Waals surface area (Å²) in [5.41, 5.74) is 9.16. The average molecular weight is 305 g/mol. The molecule has 3 rings (SSSR count). The summed E-state index contributed by atoms with van der Waals surface area (Å²) in [7, 11) is 0. The fourth-order valence-electron chi connectivity index (χ4n) is 2.46. The van der Waals surface area contributed by atoms with Gasteiger partial charge in [-0.15, -0.1) is 15.3 Å². The third-order valence-electron chi connectivity index (χ3n) is 3.66.